The molecule has 3 aromatic rings. The maximum absolute atomic E-state index is 13.0. The topological polar surface area (TPSA) is 48.7 Å². The Morgan fingerprint density at radius 3 is 2.57 bits per heavy atom. The number of nitriles is 1. The Bertz CT molecular complexity index is 861. The fourth-order valence-corrected chi connectivity index (χ4v) is 2.78. The first kappa shape index (κ1) is 14.9. The Balaban J connectivity index is 1.83. The number of thiazole rings is 1. The van der Waals surface area contributed by atoms with Gasteiger partial charge in [-0.3, -0.25) is 0 Å². The van der Waals surface area contributed by atoms with Crippen molar-refractivity contribution in [3.8, 4) is 17.3 Å². The molecule has 0 fully saturated rings. The summed E-state index contributed by atoms with van der Waals surface area (Å²) in [4.78, 5) is 4.46. The minimum Gasteiger partial charge on any atom is -0.360 e. The molecule has 3 nitrogen and oxygen atoms in total. The van der Waals surface area contributed by atoms with Crippen LogP contribution in [0.4, 0.5) is 10.1 Å². The van der Waals surface area contributed by atoms with Gasteiger partial charge in [0.05, 0.1) is 5.69 Å². The van der Waals surface area contributed by atoms with Crippen molar-refractivity contribution in [2.45, 2.75) is 0 Å². The second kappa shape index (κ2) is 6.86. The summed E-state index contributed by atoms with van der Waals surface area (Å²) in [5.41, 5.74) is 2.90. The molecule has 0 bridgehead atoms. The van der Waals surface area contributed by atoms with Gasteiger partial charge in [-0.05, 0) is 36.4 Å². The second-order valence-corrected chi connectivity index (χ2v) is 5.58. The number of anilines is 1. The fourth-order valence-electron chi connectivity index (χ4n) is 1.98. The van der Waals surface area contributed by atoms with Crippen LogP contribution in [0.5, 0.6) is 0 Å². The Kier molecular flexibility index (Phi) is 4.46. The highest BCUT2D eigenvalue weighted by Gasteiger charge is 2.09. The van der Waals surface area contributed by atoms with Crippen molar-refractivity contribution in [3.05, 3.63) is 77.0 Å². The average molecular weight is 321 g/mol. The van der Waals surface area contributed by atoms with E-state index in [9.17, 15) is 9.65 Å². The number of hydrogen-bond acceptors (Lipinski definition) is 4. The maximum atomic E-state index is 13.0. The lowest BCUT2D eigenvalue weighted by Crippen LogP contribution is -1.90. The van der Waals surface area contributed by atoms with E-state index in [1.165, 1.54) is 23.5 Å². The van der Waals surface area contributed by atoms with Crippen molar-refractivity contribution in [1.29, 1.82) is 5.26 Å². The number of benzene rings is 2. The average Bonchev–Trinajstić information content (AvgIpc) is 3.07. The normalized spacial score (nSPS) is 11.0. The fraction of sp³-hybridized carbons (Fsp3) is 0. The maximum Gasteiger partial charge on any atom is 0.136 e. The van der Waals surface area contributed by atoms with Gasteiger partial charge in [-0.2, -0.15) is 5.26 Å². The molecule has 112 valence electrons. The molecule has 0 aliphatic rings. The molecule has 3 rings (SSSR count). The molecule has 0 radical (unpaired) electrons. The van der Waals surface area contributed by atoms with Crippen molar-refractivity contribution in [3.63, 3.8) is 0 Å². The molecular formula is C18H12FN3S. The number of aromatic nitrogens is 1. The molecule has 1 N–H and O–H groups in total. The van der Waals surface area contributed by atoms with Gasteiger partial charge in [0.1, 0.15) is 22.5 Å². The number of allylic oxidation sites excluding steroid dienone is 1. The van der Waals surface area contributed by atoms with E-state index >= 15 is 0 Å². The zero-order chi connectivity index (χ0) is 16.1. The predicted molar refractivity (Wildman–Crippen MR) is 91.2 cm³/mol. The van der Waals surface area contributed by atoms with Crippen LogP contribution in [-0.2, 0) is 0 Å². The van der Waals surface area contributed by atoms with Crippen LogP contribution in [0.25, 0.3) is 16.8 Å². The highest BCUT2D eigenvalue weighted by molar-refractivity contribution is 7.11. The molecule has 0 amide bonds. The lowest BCUT2D eigenvalue weighted by atomic mass is 10.2. The smallest absolute Gasteiger partial charge is 0.136 e. The summed E-state index contributed by atoms with van der Waals surface area (Å²) in [6.45, 7) is 0. The third-order valence-electron chi connectivity index (χ3n) is 3.15. The van der Waals surface area contributed by atoms with Crippen molar-refractivity contribution >= 4 is 22.6 Å². The number of nitrogens with one attached hydrogen (secondary N) is 1. The van der Waals surface area contributed by atoms with Gasteiger partial charge < -0.3 is 5.32 Å². The first-order valence-corrected chi connectivity index (χ1v) is 7.78. The molecule has 0 aliphatic heterocycles. The molecule has 1 heterocycles. The van der Waals surface area contributed by atoms with Gasteiger partial charge in [-0.25, -0.2) is 9.37 Å². The number of para-hydroxylation sites is 1. The van der Waals surface area contributed by atoms with Gasteiger partial charge >= 0.3 is 0 Å². The molecule has 0 atom stereocenters. The summed E-state index contributed by atoms with van der Waals surface area (Å²) >= 11 is 1.38. The highest BCUT2D eigenvalue weighted by atomic mass is 32.1. The third-order valence-corrected chi connectivity index (χ3v) is 4.03. The Labute approximate surface area is 137 Å². The minimum absolute atomic E-state index is 0.283. The molecule has 23 heavy (non-hydrogen) atoms. The molecule has 0 spiro atoms. The molecule has 2 aromatic carbocycles. The van der Waals surface area contributed by atoms with E-state index in [-0.39, 0.29) is 5.82 Å². The van der Waals surface area contributed by atoms with Crippen LogP contribution in [0.15, 0.2) is 66.2 Å². The van der Waals surface area contributed by atoms with Crippen LogP contribution in [0, 0.1) is 17.1 Å². The van der Waals surface area contributed by atoms with E-state index in [2.05, 4.69) is 16.4 Å². The predicted octanol–water partition coefficient (Wildman–Crippen LogP) is 4.93. The summed E-state index contributed by atoms with van der Waals surface area (Å²) in [5, 5.41) is 14.9. The van der Waals surface area contributed by atoms with Crippen LogP contribution >= 0.6 is 11.3 Å². The molecule has 0 saturated heterocycles. The zero-order valence-corrected chi connectivity index (χ0v) is 12.8. The van der Waals surface area contributed by atoms with Gasteiger partial charge in [0.2, 0.25) is 0 Å². The molecule has 1 aromatic heterocycles. The van der Waals surface area contributed by atoms with Gasteiger partial charge in [0.15, 0.2) is 0 Å². The molecular weight excluding hydrogens is 309 g/mol. The zero-order valence-electron chi connectivity index (χ0n) is 12.0. The van der Waals surface area contributed by atoms with Gasteiger partial charge in [-0.1, -0.05) is 18.2 Å². The summed E-state index contributed by atoms with van der Waals surface area (Å²) < 4.78 is 13.0. The molecule has 0 saturated carbocycles. The first-order chi connectivity index (χ1) is 11.3. The molecule has 0 aliphatic carbocycles. The van der Waals surface area contributed by atoms with E-state index in [1.54, 1.807) is 18.3 Å². The van der Waals surface area contributed by atoms with E-state index in [0.29, 0.717) is 10.6 Å². The summed E-state index contributed by atoms with van der Waals surface area (Å²) in [5.74, 6) is -0.283. The molecule has 5 heteroatoms. The first-order valence-electron chi connectivity index (χ1n) is 6.90. The lowest BCUT2D eigenvalue weighted by Gasteiger charge is -2.00. The second-order valence-electron chi connectivity index (χ2n) is 4.72. The van der Waals surface area contributed by atoms with Crippen LogP contribution < -0.4 is 5.32 Å². The molecule has 0 unspecified atom stereocenters. The van der Waals surface area contributed by atoms with Gasteiger partial charge in [-0.15, -0.1) is 11.3 Å². The van der Waals surface area contributed by atoms with Crippen LogP contribution in [-0.4, -0.2) is 4.98 Å². The third kappa shape index (κ3) is 3.62. The van der Waals surface area contributed by atoms with E-state index in [4.69, 9.17) is 0 Å². The lowest BCUT2D eigenvalue weighted by molar-refractivity contribution is 0.628. The number of halogens is 1. The van der Waals surface area contributed by atoms with Crippen molar-refractivity contribution in [2.24, 2.45) is 0 Å². The SMILES string of the molecule is N#C/C(=C/Nc1ccccc1)c1nc(-c2ccc(F)cc2)cs1. The summed E-state index contributed by atoms with van der Waals surface area (Å²) in [7, 11) is 0. The van der Waals surface area contributed by atoms with Crippen LogP contribution in [0.2, 0.25) is 0 Å². The number of nitrogens with zero attached hydrogens (tertiary/aromatic N) is 2. The summed E-state index contributed by atoms with van der Waals surface area (Å²) in [6.07, 6.45) is 1.64. The Morgan fingerprint density at radius 2 is 1.87 bits per heavy atom. The van der Waals surface area contributed by atoms with Crippen LogP contribution in [0.1, 0.15) is 5.01 Å². The quantitative estimate of drug-likeness (QED) is 0.693. The van der Waals surface area contributed by atoms with E-state index in [1.807, 2.05) is 35.7 Å². The van der Waals surface area contributed by atoms with Crippen molar-refractivity contribution in [1.82, 2.24) is 4.98 Å². The van der Waals surface area contributed by atoms with Gasteiger partial charge in [0.25, 0.3) is 0 Å². The number of rotatable bonds is 4. The van der Waals surface area contributed by atoms with E-state index < -0.39 is 0 Å². The van der Waals surface area contributed by atoms with Crippen molar-refractivity contribution < 1.29 is 4.39 Å². The standard InChI is InChI=1S/C18H12FN3S/c19-15-8-6-13(7-9-15)17-12-23-18(22-17)14(10-20)11-21-16-4-2-1-3-5-16/h1-9,11-12,21H/b14-11-. The Morgan fingerprint density at radius 1 is 1.13 bits per heavy atom. The number of hydrogen-bond donors (Lipinski definition) is 1. The Hall–Kier alpha value is -2.97. The van der Waals surface area contributed by atoms with E-state index in [0.717, 1.165) is 16.9 Å². The van der Waals surface area contributed by atoms with Crippen molar-refractivity contribution in [2.75, 3.05) is 5.32 Å². The summed E-state index contributed by atoms with van der Waals surface area (Å²) in [6, 6.07) is 17.9. The largest absolute Gasteiger partial charge is 0.360 e. The monoisotopic (exact) mass is 321 g/mol. The van der Waals surface area contributed by atoms with Crippen LogP contribution in [0.3, 0.4) is 0 Å². The minimum atomic E-state index is -0.283. The highest BCUT2D eigenvalue weighted by Crippen LogP contribution is 2.26. The van der Waals surface area contributed by atoms with Gasteiger partial charge in [0, 0.05) is 22.8 Å².